The monoisotopic (exact) mass is 281 g/mol. The van der Waals surface area contributed by atoms with Crippen LogP contribution in [0.5, 0.6) is 0 Å². The van der Waals surface area contributed by atoms with Crippen LogP contribution in [0, 0.1) is 0 Å². The van der Waals surface area contributed by atoms with Gasteiger partial charge in [0.2, 0.25) is 0 Å². The van der Waals surface area contributed by atoms with Gasteiger partial charge in [0.1, 0.15) is 5.69 Å². The SMILES string of the molecule is CC1CN(C(=O)c2cc(N)cn2C(C)C)CC(C)S1. The molecule has 19 heavy (non-hydrogen) atoms. The standard InChI is InChI=1S/C14H23N3OS/c1-9(2)17-8-12(15)5-13(17)14(18)16-6-10(3)19-11(4)7-16/h5,8-11H,6-7,15H2,1-4H3. The van der Waals surface area contributed by atoms with E-state index in [1.807, 2.05) is 27.4 Å². The molecular weight excluding hydrogens is 258 g/mol. The minimum Gasteiger partial charge on any atom is -0.397 e. The topological polar surface area (TPSA) is 51.3 Å². The Balaban J connectivity index is 2.24. The van der Waals surface area contributed by atoms with Crippen molar-refractivity contribution in [3.05, 3.63) is 18.0 Å². The van der Waals surface area contributed by atoms with Crippen molar-refractivity contribution < 1.29 is 4.79 Å². The third-order valence-corrected chi connectivity index (χ3v) is 4.58. The molecule has 1 aromatic rings. The van der Waals surface area contributed by atoms with Crippen LogP contribution in [0.15, 0.2) is 12.3 Å². The number of nitrogens with zero attached hydrogens (tertiary/aromatic N) is 2. The van der Waals surface area contributed by atoms with Gasteiger partial charge >= 0.3 is 0 Å². The quantitative estimate of drug-likeness (QED) is 0.906. The number of nitrogen functional groups attached to an aromatic ring is 1. The van der Waals surface area contributed by atoms with Crippen molar-refractivity contribution in [1.82, 2.24) is 9.47 Å². The first kappa shape index (κ1) is 14.3. The molecule has 0 saturated carbocycles. The summed E-state index contributed by atoms with van der Waals surface area (Å²) in [7, 11) is 0. The number of hydrogen-bond donors (Lipinski definition) is 1. The molecule has 1 aromatic heterocycles. The molecule has 0 radical (unpaired) electrons. The van der Waals surface area contributed by atoms with Crippen LogP contribution in [-0.2, 0) is 0 Å². The van der Waals surface area contributed by atoms with Gasteiger partial charge in [-0.1, -0.05) is 13.8 Å². The molecule has 2 N–H and O–H groups in total. The van der Waals surface area contributed by atoms with E-state index >= 15 is 0 Å². The molecule has 0 aliphatic carbocycles. The second-order valence-electron chi connectivity index (χ2n) is 5.63. The first-order valence-corrected chi connectivity index (χ1v) is 7.75. The van der Waals surface area contributed by atoms with E-state index in [1.165, 1.54) is 0 Å². The molecule has 2 unspecified atom stereocenters. The van der Waals surface area contributed by atoms with Gasteiger partial charge in [-0.15, -0.1) is 0 Å². The molecule has 1 saturated heterocycles. The van der Waals surface area contributed by atoms with Gasteiger partial charge in [-0.2, -0.15) is 11.8 Å². The summed E-state index contributed by atoms with van der Waals surface area (Å²) in [6.07, 6.45) is 1.85. The average molecular weight is 281 g/mol. The van der Waals surface area contributed by atoms with Gasteiger partial charge in [0.05, 0.1) is 5.69 Å². The number of nitrogens with two attached hydrogens (primary N) is 1. The molecule has 1 aliphatic rings. The van der Waals surface area contributed by atoms with Crippen molar-refractivity contribution in [3.8, 4) is 0 Å². The predicted molar refractivity (Wildman–Crippen MR) is 81.6 cm³/mol. The summed E-state index contributed by atoms with van der Waals surface area (Å²) in [5.41, 5.74) is 7.21. The van der Waals surface area contributed by atoms with Crippen molar-refractivity contribution in [2.24, 2.45) is 0 Å². The highest BCUT2D eigenvalue weighted by atomic mass is 32.2. The number of rotatable bonds is 2. The molecule has 0 aromatic carbocycles. The molecule has 1 aliphatic heterocycles. The summed E-state index contributed by atoms with van der Waals surface area (Å²) < 4.78 is 1.97. The van der Waals surface area contributed by atoms with Crippen LogP contribution in [0.3, 0.4) is 0 Å². The normalized spacial score (nSPS) is 23.9. The molecule has 2 heterocycles. The van der Waals surface area contributed by atoms with Crippen LogP contribution in [-0.4, -0.2) is 39.0 Å². The fourth-order valence-electron chi connectivity index (χ4n) is 2.60. The molecule has 5 heteroatoms. The van der Waals surface area contributed by atoms with Crippen LogP contribution in [0.1, 0.15) is 44.2 Å². The Hall–Kier alpha value is -1.10. The molecule has 2 atom stereocenters. The molecule has 106 valence electrons. The molecule has 2 rings (SSSR count). The number of thioether (sulfide) groups is 1. The second kappa shape index (κ2) is 5.49. The lowest BCUT2D eigenvalue weighted by Gasteiger charge is -2.34. The Morgan fingerprint density at radius 1 is 1.37 bits per heavy atom. The summed E-state index contributed by atoms with van der Waals surface area (Å²) >= 11 is 1.95. The Morgan fingerprint density at radius 3 is 2.47 bits per heavy atom. The number of anilines is 1. The van der Waals surface area contributed by atoms with E-state index in [0.717, 1.165) is 13.1 Å². The number of carbonyl (C=O) groups excluding carboxylic acids is 1. The molecular formula is C14H23N3OS. The lowest BCUT2D eigenvalue weighted by molar-refractivity contribution is 0.0741. The van der Waals surface area contributed by atoms with Gasteiger partial charge in [0.25, 0.3) is 5.91 Å². The Morgan fingerprint density at radius 2 is 1.95 bits per heavy atom. The van der Waals surface area contributed by atoms with Gasteiger partial charge in [-0.05, 0) is 19.9 Å². The zero-order valence-corrected chi connectivity index (χ0v) is 12.9. The van der Waals surface area contributed by atoms with Crippen LogP contribution in [0.2, 0.25) is 0 Å². The number of hydrogen-bond acceptors (Lipinski definition) is 3. The minimum atomic E-state index is 0.101. The maximum absolute atomic E-state index is 12.7. The first-order chi connectivity index (χ1) is 8.88. The van der Waals surface area contributed by atoms with Gasteiger partial charge < -0.3 is 15.2 Å². The van der Waals surface area contributed by atoms with Crippen molar-refractivity contribution in [2.45, 2.75) is 44.2 Å². The van der Waals surface area contributed by atoms with Crippen LogP contribution < -0.4 is 5.73 Å². The minimum absolute atomic E-state index is 0.101. The van der Waals surface area contributed by atoms with E-state index in [-0.39, 0.29) is 11.9 Å². The largest absolute Gasteiger partial charge is 0.397 e. The maximum Gasteiger partial charge on any atom is 0.270 e. The summed E-state index contributed by atoms with van der Waals surface area (Å²) in [6.45, 7) is 10.1. The highest BCUT2D eigenvalue weighted by Gasteiger charge is 2.28. The maximum atomic E-state index is 12.7. The van der Waals surface area contributed by atoms with E-state index in [2.05, 4.69) is 27.7 Å². The van der Waals surface area contributed by atoms with Crippen molar-refractivity contribution >= 4 is 23.4 Å². The smallest absolute Gasteiger partial charge is 0.270 e. The first-order valence-electron chi connectivity index (χ1n) is 6.80. The fourth-order valence-corrected chi connectivity index (χ4v) is 3.93. The molecule has 0 spiro atoms. The molecule has 4 nitrogen and oxygen atoms in total. The van der Waals surface area contributed by atoms with E-state index < -0.39 is 0 Å². The molecule has 1 amide bonds. The van der Waals surface area contributed by atoms with Gasteiger partial charge in [-0.3, -0.25) is 4.79 Å². The van der Waals surface area contributed by atoms with E-state index in [0.29, 0.717) is 21.9 Å². The van der Waals surface area contributed by atoms with Gasteiger partial charge in [-0.25, -0.2) is 0 Å². The zero-order chi connectivity index (χ0) is 14.2. The molecule has 1 fully saturated rings. The van der Waals surface area contributed by atoms with E-state index in [9.17, 15) is 4.79 Å². The van der Waals surface area contributed by atoms with Crippen molar-refractivity contribution in [3.63, 3.8) is 0 Å². The lowest BCUT2D eigenvalue weighted by atomic mass is 10.2. The van der Waals surface area contributed by atoms with E-state index in [1.54, 1.807) is 6.07 Å². The fraction of sp³-hybridized carbons (Fsp3) is 0.643. The van der Waals surface area contributed by atoms with Crippen LogP contribution >= 0.6 is 11.8 Å². The highest BCUT2D eigenvalue weighted by Crippen LogP contribution is 2.27. The summed E-state index contributed by atoms with van der Waals surface area (Å²) in [6, 6.07) is 2.03. The third-order valence-electron chi connectivity index (χ3n) is 3.35. The Kier molecular flexibility index (Phi) is 4.13. The highest BCUT2D eigenvalue weighted by molar-refractivity contribution is 8.00. The van der Waals surface area contributed by atoms with Crippen molar-refractivity contribution in [1.29, 1.82) is 0 Å². The Labute approximate surface area is 119 Å². The van der Waals surface area contributed by atoms with Crippen LogP contribution in [0.4, 0.5) is 5.69 Å². The summed E-state index contributed by atoms with van der Waals surface area (Å²) in [5, 5.41) is 0.986. The van der Waals surface area contributed by atoms with Crippen LogP contribution in [0.25, 0.3) is 0 Å². The van der Waals surface area contributed by atoms with Crippen molar-refractivity contribution in [2.75, 3.05) is 18.8 Å². The lowest BCUT2D eigenvalue weighted by Crippen LogP contribution is -2.44. The summed E-state index contributed by atoms with van der Waals surface area (Å²) in [4.78, 5) is 14.6. The average Bonchev–Trinajstić information content (AvgIpc) is 2.69. The molecule has 0 bridgehead atoms. The predicted octanol–water partition coefficient (Wildman–Crippen LogP) is 2.62. The summed E-state index contributed by atoms with van der Waals surface area (Å²) in [5.74, 6) is 0.101. The number of carbonyl (C=O) groups is 1. The zero-order valence-electron chi connectivity index (χ0n) is 12.1. The van der Waals surface area contributed by atoms with Gasteiger partial charge in [0, 0.05) is 35.8 Å². The third kappa shape index (κ3) is 3.08. The number of amides is 1. The number of aromatic nitrogens is 1. The Bertz CT molecular complexity index is 459. The second-order valence-corrected chi connectivity index (χ2v) is 7.51. The van der Waals surface area contributed by atoms with Gasteiger partial charge in [0.15, 0.2) is 0 Å². The van der Waals surface area contributed by atoms with E-state index in [4.69, 9.17) is 5.73 Å².